The van der Waals surface area contributed by atoms with E-state index in [1.807, 2.05) is 24.3 Å². The monoisotopic (exact) mass is 269 g/mol. The van der Waals surface area contributed by atoms with Gasteiger partial charge in [0.2, 0.25) is 0 Å². The molecule has 1 aromatic carbocycles. The molecule has 3 rings (SSSR count). The molecule has 20 heavy (non-hydrogen) atoms. The lowest BCUT2D eigenvalue weighted by molar-refractivity contribution is -0.121. The largest absolute Gasteiger partial charge is 0.378 e. The van der Waals surface area contributed by atoms with E-state index >= 15 is 0 Å². The van der Waals surface area contributed by atoms with Gasteiger partial charge >= 0.3 is 0 Å². The summed E-state index contributed by atoms with van der Waals surface area (Å²) in [5, 5.41) is 9.28. The van der Waals surface area contributed by atoms with Gasteiger partial charge in [-0.1, -0.05) is 12.1 Å². The summed E-state index contributed by atoms with van der Waals surface area (Å²) in [6.45, 7) is 0.708. The molecule has 1 aromatic heterocycles. The lowest BCUT2D eigenvalue weighted by atomic mass is 9.99. The van der Waals surface area contributed by atoms with Crippen LogP contribution in [0, 0.1) is 11.3 Å². The van der Waals surface area contributed by atoms with Gasteiger partial charge in [-0.3, -0.25) is 4.79 Å². The number of nitriles is 1. The molecular weight excluding hydrogens is 254 g/mol. The molecule has 5 heteroatoms. The Hall–Kier alpha value is -2.19. The molecule has 0 bridgehead atoms. The molecule has 102 valence electrons. The summed E-state index contributed by atoms with van der Waals surface area (Å²) >= 11 is 0. The molecule has 1 fully saturated rings. The molecule has 0 radical (unpaired) electrons. The van der Waals surface area contributed by atoms with Crippen LogP contribution in [0.2, 0.25) is 0 Å². The van der Waals surface area contributed by atoms with Crippen molar-refractivity contribution in [2.24, 2.45) is 0 Å². The maximum absolute atomic E-state index is 12.2. The van der Waals surface area contributed by atoms with E-state index in [0.29, 0.717) is 12.4 Å². The van der Waals surface area contributed by atoms with Gasteiger partial charge in [0.25, 0.3) is 0 Å². The number of ether oxygens (including phenoxy) is 1. The van der Waals surface area contributed by atoms with Gasteiger partial charge in [0.05, 0.1) is 23.2 Å². The molecule has 2 atom stereocenters. The molecule has 0 amide bonds. The number of nitrogens with zero attached hydrogens (tertiary/aromatic N) is 2. The van der Waals surface area contributed by atoms with E-state index in [-0.39, 0.29) is 18.3 Å². The summed E-state index contributed by atoms with van der Waals surface area (Å²) < 4.78 is 5.45. The van der Waals surface area contributed by atoms with Crippen molar-refractivity contribution in [3.8, 4) is 6.07 Å². The highest BCUT2D eigenvalue weighted by Crippen LogP contribution is 2.23. The number of carbonyl (C=O) groups is 1. The predicted octanol–water partition coefficient (Wildman–Crippen LogP) is 2.31. The quantitative estimate of drug-likeness (QED) is 0.923. The van der Waals surface area contributed by atoms with E-state index in [4.69, 9.17) is 4.74 Å². The maximum Gasteiger partial charge on any atom is 0.162 e. The molecule has 1 aliphatic rings. The number of aromatic nitrogens is 2. The highest BCUT2D eigenvalue weighted by atomic mass is 16.5. The van der Waals surface area contributed by atoms with Crippen molar-refractivity contribution in [3.63, 3.8) is 0 Å². The molecule has 2 heterocycles. The van der Waals surface area contributed by atoms with Gasteiger partial charge in [0.15, 0.2) is 11.7 Å². The summed E-state index contributed by atoms with van der Waals surface area (Å²) in [6.07, 6.45) is 2.13. The summed E-state index contributed by atoms with van der Waals surface area (Å²) in [5.41, 5.74) is 1.61. The number of hydrogen-bond acceptors (Lipinski definition) is 4. The maximum atomic E-state index is 12.2. The first-order chi connectivity index (χ1) is 9.78. The third-order valence-corrected chi connectivity index (χ3v) is 3.59. The number of H-pyrrole nitrogens is 1. The second-order valence-electron chi connectivity index (χ2n) is 5.01. The molecule has 0 unspecified atom stereocenters. The number of ketones is 1. The minimum atomic E-state index is -0.841. The van der Waals surface area contributed by atoms with E-state index in [2.05, 4.69) is 16.0 Å². The number of aromatic amines is 1. The summed E-state index contributed by atoms with van der Waals surface area (Å²) in [5.74, 6) is -0.540. The molecule has 0 aliphatic carbocycles. The van der Waals surface area contributed by atoms with Crippen LogP contribution in [0.15, 0.2) is 24.3 Å². The van der Waals surface area contributed by atoms with Gasteiger partial charge in [-0.15, -0.1) is 0 Å². The zero-order valence-electron chi connectivity index (χ0n) is 11.0. The Kier molecular flexibility index (Phi) is 3.48. The smallest absolute Gasteiger partial charge is 0.162 e. The highest BCUT2D eigenvalue weighted by Gasteiger charge is 2.28. The van der Waals surface area contributed by atoms with Crippen molar-refractivity contribution in [2.45, 2.75) is 31.3 Å². The van der Waals surface area contributed by atoms with Crippen LogP contribution >= 0.6 is 0 Å². The standard InChI is InChI=1S/C15H15N3O2/c16-9-11(14(19)8-10-4-3-7-20-10)15-17-12-5-1-2-6-13(12)18-15/h1-2,5-6,10-11H,3-4,7-8H2,(H,17,18)/t10-,11-/m0/s1. The van der Waals surface area contributed by atoms with Gasteiger partial charge in [-0.25, -0.2) is 4.98 Å². The van der Waals surface area contributed by atoms with Crippen molar-refractivity contribution in [1.82, 2.24) is 9.97 Å². The number of carbonyl (C=O) groups excluding carboxylic acids is 1. The number of para-hydroxylation sites is 2. The molecule has 5 nitrogen and oxygen atoms in total. The number of benzene rings is 1. The van der Waals surface area contributed by atoms with E-state index in [1.54, 1.807) is 0 Å². The number of fused-ring (bicyclic) bond motifs is 1. The second-order valence-corrected chi connectivity index (χ2v) is 5.01. The van der Waals surface area contributed by atoms with E-state index in [0.717, 1.165) is 23.9 Å². The number of Topliss-reactive ketones (excluding diaryl/α,β-unsaturated/α-hetero) is 1. The Morgan fingerprint density at radius 1 is 1.55 bits per heavy atom. The number of nitrogens with one attached hydrogen (secondary N) is 1. The summed E-state index contributed by atoms with van der Waals surface area (Å²) in [7, 11) is 0. The van der Waals surface area contributed by atoms with Crippen molar-refractivity contribution < 1.29 is 9.53 Å². The third-order valence-electron chi connectivity index (χ3n) is 3.59. The van der Waals surface area contributed by atoms with Crippen LogP contribution in [0.3, 0.4) is 0 Å². The molecule has 0 saturated carbocycles. The van der Waals surface area contributed by atoms with Gasteiger partial charge in [0.1, 0.15) is 5.82 Å². The van der Waals surface area contributed by atoms with E-state index in [9.17, 15) is 10.1 Å². The Labute approximate surface area is 116 Å². The predicted molar refractivity (Wildman–Crippen MR) is 73.0 cm³/mol. The van der Waals surface area contributed by atoms with Crippen LogP contribution in [0.1, 0.15) is 31.0 Å². The Morgan fingerprint density at radius 3 is 3.10 bits per heavy atom. The molecule has 2 aromatic rings. The van der Waals surface area contributed by atoms with Crippen molar-refractivity contribution in [3.05, 3.63) is 30.1 Å². The van der Waals surface area contributed by atoms with Crippen LogP contribution in [0.4, 0.5) is 0 Å². The zero-order valence-corrected chi connectivity index (χ0v) is 11.0. The summed E-state index contributed by atoms with van der Waals surface area (Å²) in [4.78, 5) is 19.6. The lowest BCUT2D eigenvalue weighted by Gasteiger charge is -2.10. The molecular formula is C15H15N3O2. The normalized spacial score (nSPS) is 19.9. The first-order valence-corrected chi connectivity index (χ1v) is 6.76. The molecule has 1 N–H and O–H groups in total. The first kappa shape index (κ1) is 12.8. The average Bonchev–Trinajstić information content (AvgIpc) is 3.08. The minimum absolute atomic E-state index is 0.0391. The van der Waals surface area contributed by atoms with E-state index < -0.39 is 5.92 Å². The number of imidazole rings is 1. The fraction of sp³-hybridized carbons (Fsp3) is 0.400. The van der Waals surface area contributed by atoms with Crippen LogP contribution in [-0.2, 0) is 9.53 Å². The Balaban J connectivity index is 1.81. The van der Waals surface area contributed by atoms with Gasteiger partial charge in [0, 0.05) is 13.0 Å². The highest BCUT2D eigenvalue weighted by molar-refractivity contribution is 5.89. The second kappa shape index (κ2) is 5.43. The average molecular weight is 269 g/mol. The van der Waals surface area contributed by atoms with Crippen LogP contribution in [-0.4, -0.2) is 28.5 Å². The van der Waals surface area contributed by atoms with Gasteiger partial charge in [-0.05, 0) is 25.0 Å². The fourth-order valence-corrected chi connectivity index (χ4v) is 2.54. The molecule has 1 saturated heterocycles. The first-order valence-electron chi connectivity index (χ1n) is 6.76. The Morgan fingerprint density at radius 2 is 2.40 bits per heavy atom. The van der Waals surface area contributed by atoms with Crippen LogP contribution in [0.5, 0.6) is 0 Å². The Bertz CT molecular complexity index is 632. The van der Waals surface area contributed by atoms with Crippen molar-refractivity contribution >= 4 is 16.8 Å². The third kappa shape index (κ3) is 2.43. The zero-order chi connectivity index (χ0) is 13.9. The van der Waals surface area contributed by atoms with Gasteiger partial charge < -0.3 is 9.72 Å². The SMILES string of the molecule is N#C[C@@H](C(=O)C[C@@H]1CCCO1)c1nc2ccccc2[nH]1. The molecule has 0 spiro atoms. The van der Waals surface area contributed by atoms with Gasteiger partial charge in [-0.2, -0.15) is 5.26 Å². The summed E-state index contributed by atoms with van der Waals surface area (Å²) in [6, 6.07) is 9.56. The lowest BCUT2D eigenvalue weighted by Crippen LogP contribution is -2.19. The topological polar surface area (TPSA) is 78.8 Å². The van der Waals surface area contributed by atoms with Crippen LogP contribution in [0.25, 0.3) is 11.0 Å². The minimum Gasteiger partial charge on any atom is -0.378 e. The van der Waals surface area contributed by atoms with E-state index in [1.165, 1.54) is 0 Å². The number of hydrogen-bond donors (Lipinski definition) is 1. The molecule has 1 aliphatic heterocycles. The van der Waals surface area contributed by atoms with Crippen LogP contribution < -0.4 is 0 Å². The number of rotatable bonds is 4. The van der Waals surface area contributed by atoms with Crippen molar-refractivity contribution in [2.75, 3.05) is 6.61 Å². The van der Waals surface area contributed by atoms with Crippen molar-refractivity contribution in [1.29, 1.82) is 5.26 Å². The fourth-order valence-electron chi connectivity index (χ4n) is 2.54.